The van der Waals surface area contributed by atoms with Crippen molar-refractivity contribution in [1.29, 1.82) is 0 Å². The first kappa shape index (κ1) is 11.8. The van der Waals surface area contributed by atoms with Crippen molar-refractivity contribution in [2.45, 2.75) is 6.54 Å². The molecule has 0 radical (unpaired) electrons. The van der Waals surface area contributed by atoms with Crippen molar-refractivity contribution in [2.24, 2.45) is 4.99 Å². The van der Waals surface area contributed by atoms with E-state index in [2.05, 4.69) is 45.4 Å². The monoisotopic (exact) mass is 255 g/mol. The molecule has 0 saturated heterocycles. The summed E-state index contributed by atoms with van der Waals surface area (Å²) in [6.07, 6.45) is 5.56. The van der Waals surface area contributed by atoms with Gasteiger partial charge in [-0.15, -0.1) is 0 Å². The van der Waals surface area contributed by atoms with E-state index >= 15 is 0 Å². The fourth-order valence-electron chi connectivity index (χ4n) is 2.21. The van der Waals surface area contributed by atoms with E-state index < -0.39 is 0 Å². The van der Waals surface area contributed by atoms with Gasteiger partial charge in [-0.1, -0.05) is 18.2 Å². The van der Waals surface area contributed by atoms with E-state index in [9.17, 15) is 0 Å². The summed E-state index contributed by atoms with van der Waals surface area (Å²) in [6.45, 7) is 2.63. The molecule has 98 valence electrons. The van der Waals surface area contributed by atoms with Crippen LogP contribution in [0.4, 0.5) is 0 Å². The van der Waals surface area contributed by atoms with E-state index in [-0.39, 0.29) is 0 Å². The topological polar surface area (TPSA) is 45.5 Å². The molecule has 0 amide bonds. The third kappa shape index (κ3) is 2.45. The summed E-state index contributed by atoms with van der Waals surface area (Å²) in [5.41, 5.74) is 2.37. The summed E-state index contributed by atoms with van der Waals surface area (Å²) in [4.78, 5) is 10.7. The lowest BCUT2D eigenvalue weighted by atomic mass is 10.1. The van der Waals surface area contributed by atoms with Crippen molar-refractivity contribution in [1.82, 2.24) is 19.8 Å². The molecule has 5 heteroatoms. The molecule has 0 saturated carbocycles. The van der Waals surface area contributed by atoms with Crippen molar-refractivity contribution < 1.29 is 0 Å². The van der Waals surface area contributed by atoms with Gasteiger partial charge in [0.1, 0.15) is 0 Å². The Morgan fingerprint density at radius 1 is 1.32 bits per heavy atom. The zero-order chi connectivity index (χ0) is 13.1. The maximum absolute atomic E-state index is 4.44. The van der Waals surface area contributed by atoms with Crippen molar-refractivity contribution in [3.63, 3.8) is 0 Å². The number of aromatic nitrogens is 2. The number of benzene rings is 1. The molecule has 2 aromatic rings. The number of rotatable bonds is 3. The van der Waals surface area contributed by atoms with Crippen LogP contribution in [0.2, 0.25) is 0 Å². The van der Waals surface area contributed by atoms with Crippen LogP contribution in [0.25, 0.3) is 5.69 Å². The molecule has 0 unspecified atom stereocenters. The first-order chi connectivity index (χ1) is 9.34. The molecule has 1 aliphatic heterocycles. The molecule has 1 N–H and O–H groups in total. The Morgan fingerprint density at radius 3 is 2.95 bits per heavy atom. The highest BCUT2D eigenvalue weighted by molar-refractivity contribution is 5.81. The molecule has 19 heavy (non-hydrogen) atoms. The van der Waals surface area contributed by atoms with Gasteiger partial charge in [0, 0.05) is 32.5 Å². The lowest BCUT2D eigenvalue weighted by molar-refractivity contribution is 0.534. The molecule has 0 fully saturated rings. The highest BCUT2D eigenvalue weighted by atomic mass is 15.3. The molecule has 1 aromatic carbocycles. The van der Waals surface area contributed by atoms with Crippen molar-refractivity contribution >= 4 is 5.96 Å². The van der Waals surface area contributed by atoms with Gasteiger partial charge in [-0.05, 0) is 11.6 Å². The number of nitrogens with one attached hydrogen (secondary N) is 1. The summed E-state index contributed by atoms with van der Waals surface area (Å²) in [7, 11) is 2.06. The van der Waals surface area contributed by atoms with E-state index in [0.29, 0.717) is 0 Å². The van der Waals surface area contributed by atoms with E-state index in [4.69, 9.17) is 0 Å². The van der Waals surface area contributed by atoms with Crippen LogP contribution < -0.4 is 5.32 Å². The molecule has 0 spiro atoms. The summed E-state index contributed by atoms with van der Waals surface area (Å²) < 4.78 is 2.02. The van der Waals surface area contributed by atoms with Gasteiger partial charge in [-0.3, -0.25) is 4.99 Å². The van der Waals surface area contributed by atoms with Gasteiger partial charge < -0.3 is 14.8 Å². The Hall–Kier alpha value is -2.30. The smallest absolute Gasteiger partial charge is 0.194 e. The predicted octanol–water partition coefficient (Wildman–Crippen LogP) is 1.26. The molecular formula is C14H17N5. The predicted molar refractivity (Wildman–Crippen MR) is 75.3 cm³/mol. The fraction of sp³-hybridized carbons (Fsp3) is 0.286. The van der Waals surface area contributed by atoms with Gasteiger partial charge in [0.2, 0.25) is 0 Å². The highest BCUT2D eigenvalue weighted by Crippen LogP contribution is 2.14. The van der Waals surface area contributed by atoms with Crippen LogP contribution in [0, 0.1) is 0 Å². The molecule has 2 heterocycles. The lowest BCUT2D eigenvalue weighted by Crippen LogP contribution is -2.35. The summed E-state index contributed by atoms with van der Waals surface area (Å²) in [5, 5.41) is 3.39. The van der Waals surface area contributed by atoms with Crippen LogP contribution in [-0.4, -0.2) is 40.5 Å². The molecule has 1 aliphatic rings. The minimum Gasteiger partial charge on any atom is -0.352 e. The number of hydrogen-bond acceptors (Lipinski definition) is 4. The number of hydrogen-bond donors (Lipinski definition) is 1. The quantitative estimate of drug-likeness (QED) is 0.898. The number of imidazole rings is 1. The molecular weight excluding hydrogens is 238 g/mol. The Labute approximate surface area is 112 Å². The van der Waals surface area contributed by atoms with E-state index in [0.717, 1.165) is 31.3 Å². The molecule has 1 aromatic heterocycles. The van der Waals surface area contributed by atoms with Gasteiger partial charge in [0.05, 0.1) is 18.6 Å². The van der Waals surface area contributed by atoms with Crippen LogP contribution in [0.3, 0.4) is 0 Å². The van der Waals surface area contributed by atoms with Gasteiger partial charge in [-0.2, -0.15) is 0 Å². The van der Waals surface area contributed by atoms with Crippen LogP contribution >= 0.6 is 0 Å². The largest absolute Gasteiger partial charge is 0.352 e. The number of nitrogens with zero attached hydrogens (tertiary/aromatic N) is 4. The third-order valence-electron chi connectivity index (χ3n) is 3.27. The number of para-hydroxylation sites is 1. The second-order valence-corrected chi connectivity index (χ2v) is 4.58. The second-order valence-electron chi connectivity index (χ2n) is 4.58. The van der Waals surface area contributed by atoms with Crippen molar-refractivity contribution in [3.8, 4) is 5.69 Å². The van der Waals surface area contributed by atoms with Crippen molar-refractivity contribution in [2.75, 3.05) is 20.1 Å². The van der Waals surface area contributed by atoms with E-state index in [1.54, 1.807) is 6.20 Å². The second kappa shape index (κ2) is 5.14. The maximum Gasteiger partial charge on any atom is 0.194 e. The average Bonchev–Trinajstić information content (AvgIpc) is 3.08. The Balaban J connectivity index is 1.78. The number of aliphatic imine (C=N–C) groups is 1. The SMILES string of the molecule is CN1CCN=C1NCc1ccccc1-n1ccnc1. The van der Waals surface area contributed by atoms with Gasteiger partial charge in [0.25, 0.3) is 0 Å². The van der Waals surface area contributed by atoms with E-state index in [1.165, 1.54) is 5.56 Å². The van der Waals surface area contributed by atoms with Gasteiger partial charge in [-0.25, -0.2) is 4.98 Å². The van der Waals surface area contributed by atoms with Crippen LogP contribution in [0.5, 0.6) is 0 Å². The molecule has 0 aliphatic carbocycles. The molecule has 0 atom stereocenters. The van der Waals surface area contributed by atoms with E-state index in [1.807, 2.05) is 23.2 Å². The van der Waals surface area contributed by atoms with Gasteiger partial charge >= 0.3 is 0 Å². The minimum absolute atomic E-state index is 0.761. The van der Waals surface area contributed by atoms with Crippen LogP contribution in [-0.2, 0) is 6.54 Å². The summed E-state index contributed by atoms with van der Waals surface area (Å²) in [5.74, 6) is 0.973. The maximum atomic E-state index is 4.44. The van der Waals surface area contributed by atoms with Crippen molar-refractivity contribution in [3.05, 3.63) is 48.5 Å². The van der Waals surface area contributed by atoms with Gasteiger partial charge in [0.15, 0.2) is 5.96 Å². The number of guanidine groups is 1. The van der Waals surface area contributed by atoms with Crippen LogP contribution in [0.1, 0.15) is 5.56 Å². The highest BCUT2D eigenvalue weighted by Gasteiger charge is 2.12. The normalized spacial score (nSPS) is 14.6. The molecule has 5 nitrogen and oxygen atoms in total. The summed E-state index contributed by atoms with van der Waals surface area (Å²) >= 11 is 0. The first-order valence-electron chi connectivity index (χ1n) is 6.40. The Kier molecular flexibility index (Phi) is 3.18. The zero-order valence-electron chi connectivity index (χ0n) is 11.0. The Morgan fingerprint density at radius 2 is 2.21 bits per heavy atom. The fourth-order valence-corrected chi connectivity index (χ4v) is 2.21. The third-order valence-corrected chi connectivity index (χ3v) is 3.27. The first-order valence-corrected chi connectivity index (χ1v) is 6.40. The van der Waals surface area contributed by atoms with Crippen LogP contribution in [0.15, 0.2) is 48.0 Å². The standard InChI is InChI=1S/C14H17N5/c1-18-8-7-16-14(18)17-10-12-4-2-3-5-13(12)19-9-6-15-11-19/h2-6,9,11H,7-8,10H2,1H3,(H,16,17). The lowest BCUT2D eigenvalue weighted by Gasteiger charge is -2.16. The summed E-state index contributed by atoms with van der Waals surface area (Å²) in [6, 6.07) is 8.31. The molecule has 0 bridgehead atoms. The average molecular weight is 255 g/mol. The Bertz CT molecular complexity index is 573. The number of likely N-dealkylation sites (N-methyl/N-ethyl adjacent to an activating group) is 1. The minimum atomic E-state index is 0.761. The zero-order valence-corrected chi connectivity index (χ0v) is 11.0. The molecule has 3 rings (SSSR count).